The van der Waals surface area contributed by atoms with Gasteiger partial charge in [0, 0.05) is 18.4 Å². The fraction of sp³-hybridized carbons (Fsp3) is 0.500. The molecule has 0 aliphatic carbocycles. The van der Waals surface area contributed by atoms with Crippen LogP contribution in [-0.2, 0) is 0 Å². The molecule has 1 fully saturated rings. The van der Waals surface area contributed by atoms with Crippen molar-refractivity contribution in [3.05, 3.63) is 30.1 Å². The summed E-state index contributed by atoms with van der Waals surface area (Å²) in [5.74, 6) is 0.573. The molecule has 1 saturated heterocycles. The molecule has 1 aliphatic rings. The minimum atomic E-state index is 0.415. The van der Waals surface area contributed by atoms with Gasteiger partial charge in [0.15, 0.2) is 0 Å². The summed E-state index contributed by atoms with van der Waals surface area (Å²) in [5.41, 5.74) is 6.96. The fourth-order valence-corrected chi connectivity index (χ4v) is 1.96. The first-order chi connectivity index (χ1) is 6.42. The van der Waals surface area contributed by atoms with Crippen molar-refractivity contribution in [3.63, 3.8) is 0 Å². The molecule has 3 N–H and O–H groups in total. The van der Waals surface area contributed by atoms with E-state index in [2.05, 4.69) is 16.4 Å². The molecule has 0 saturated carbocycles. The van der Waals surface area contributed by atoms with Gasteiger partial charge in [-0.25, -0.2) is 0 Å². The molecule has 1 aliphatic heterocycles. The Balaban J connectivity index is 2.16. The number of rotatable bonds is 2. The van der Waals surface area contributed by atoms with Crippen molar-refractivity contribution >= 4 is 0 Å². The van der Waals surface area contributed by atoms with Crippen molar-refractivity contribution in [2.24, 2.45) is 11.7 Å². The lowest BCUT2D eigenvalue weighted by atomic mass is 9.96. The standard InChI is InChI=1S/C10H15N3/c11-6-8-3-5-13-10(8)9-2-1-4-12-7-9/h1-2,4,7-8,10,13H,3,5-6,11H2/t8-,10+/m1/s1. The highest BCUT2D eigenvalue weighted by Gasteiger charge is 2.26. The maximum absolute atomic E-state index is 5.70. The van der Waals surface area contributed by atoms with Gasteiger partial charge in [-0.1, -0.05) is 6.07 Å². The number of nitrogens with one attached hydrogen (secondary N) is 1. The number of nitrogens with two attached hydrogens (primary N) is 1. The average Bonchev–Trinajstić information content (AvgIpc) is 2.67. The zero-order valence-electron chi connectivity index (χ0n) is 7.61. The maximum Gasteiger partial charge on any atom is 0.0376 e. The molecule has 0 unspecified atom stereocenters. The summed E-state index contributed by atoms with van der Waals surface area (Å²) in [4.78, 5) is 4.12. The van der Waals surface area contributed by atoms with Crippen LogP contribution in [0.1, 0.15) is 18.0 Å². The molecule has 1 aromatic heterocycles. The van der Waals surface area contributed by atoms with E-state index < -0.39 is 0 Å². The zero-order valence-corrected chi connectivity index (χ0v) is 7.61. The third-order valence-corrected chi connectivity index (χ3v) is 2.70. The summed E-state index contributed by atoms with van der Waals surface area (Å²) in [5, 5.41) is 3.45. The molecule has 70 valence electrons. The lowest BCUT2D eigenvalue weighted by molar-refractivity contribution is 0.472. The lowest BCUT2D eigenvalue weighted by Crippen LogP contribution is -2.23. The van der Waals surface area contributed by atoms with Gasteiger partial charge in [-0.05, 0) is 37.1 Å². The highest BCUT2D eigenvalue weighted by atomic mass is 15.0. The van der Waals surface area contributed by atoms with Gasteiger partial charge >= 0.3 is 0 Å². The summed E-state index contributed by atoms with van der Waals surface area (Å²) >= 11 is 0. The van der Waals surface area contributed by atoms with Crippen molar-refractivity contribution < 1.29 is 0 Å². The first-order valence-electron chi connectivity index (χ1n) is 4.75. The second kappa shape index (κ2) is 3.85. The van der Waals surface area contributed by atoms with Crippen LogP contribution in [0.4, 0.5) is 0 Å². The van der Waals surface area contributed by atoms with Crippen LogP contribution in [0.2, 0.25) is 0 Å². The van der Waals surface area contributed by atoms with Gasteiger partial charge in [0.2, 0.25) is 0 Å². The summed E-state index contributed by atoms with van der Waals surface area (Å²) in [7, 11) is 0. The highest BCUT2D eigenvalue weighted by molar-refractivity contribution is 5.16. The van der Waals surface area contributed by atoms with Gasteiger partial charge in [0.1, 0.15) is 0 Å². The smallest absolute Gasteiger partial charge is 0.0376 e. The van der Waals surface area contributed by atoms with Gasteiger partial charge in [0.25, 0.3) is 0 Å². The lowest BCUT2D eigenvalue weighted by Gasteiger charge is -2.17. The van der Waals surface area contributed by atoms with E-state index in [0.29, 0.717) is 12.0 Å². The summed E-state index contributed by atoms with van der Waals surface area (Å²) < 4.78 is 0. The molecule has 0 radical (unpaired) electrons. The van der Waals surface area contributed by atoms with Crippen molar-refractivity contribution in [3.8, 4) is 0 Å². The summed E-state index contributed by atoms with van der Waals surface area (Å²) in [6.07, 6.45) is 4.90. The third kappa shape index (κ3) is 1.71. The van der Waals surface area contributed by atoms with E-state index in [1.807, 2.05) is 12.3 Å². The summed E-state index contributed by atoms with van der Waals surface area (Å²) in [6.45, 7) is 1.83. The van der Waals surface area contributed by atoms with Gasteiger partial charge < -0.3 is 11.1 Å². The monoisotopic (exact) mass is 177 g/mol. The van der Waals surface area contributed by atoms with E-state index in [9.17, 15) is 0 Å². The molecule has 0 spiro atoms. The molecule has 1 aromatic rings. The third-order valence-electron chi connectivity index (χ3n) is 2.70. The van der Waals surface area contributed by atoms with Crippen LogP contribution in [-0.4, -0.2) is 18.1 Å². The SMILES string of the molecule is NC[C@H]1CCN[C@@H]1c1cccnc1. The van der Waals surface area contributed by atoms with Crippen LogP contribution in [0.5, 0.6) is 0 Å². The number of aromatic nitrogens is 1. The number of pyridine rings is 1. The minimum absolute atomic E-state index is 0.415. The minimum Gasteiger partial charge on any atom is -0.330 e. The number of hydrogen-bond donors (Lipinski definition) is 2. The van der Waals surface area contributed by atoms with Gasteiger partial charge in [-0.3, -0.25) is 4.98 Å². The van der Waals surface area contributed by atoms with Crippen LogP contribution in [0.15, 0.2) is 24.5 Å². The first kappa shape index (κ1) is 8.66. The second-order valence-electron chi connectivity index (χ2n) is 3.50. The van der Waals surface area contributed by atoms with Gasteiger partial charge in [-0.2, -0.15) is 0 Å². The van der Waals surface area contributed by atoms with E-state index >= 15 is 0 Å². The van der Waals surface area contributed by atoms with Crippen molar-refractivity contribution in [2.75, 3.05) is 13.1 Å². The molecule has 0 bridgehead atoms. The molecule has 2 rings (SSSR count). The van der Waals surface area contributed by atoms with E-state index in [1.54, 1.807) is 6.20 Å². The van der Waals surface area contributed by atoms with E-state index in [4.69, 9.17) is 5.73 Å². The zero-order chi connectivity index (χ0) is 9.10. The molecule has 3 nitrogen and oxygen atoms in total. The second-order valence-corrected chi connectivity index (χ2v) is 3.50. The predicted molar refractivity (Wildman–Crippen MR) is 52.1 cm³/mol. The average molecular weight is 177 g/mol. The van der Waals surface area contributed by atoms with Crippen molar-refractivity contribution in [1.82, 2.24) is 10.3 Å². The molecule has 2 heterocycles. The Morgan fingerprint density at radius 3 is 3.23 bits per heavy atom. The van der Waals surface area contributed by atoms with Crippen molar-refractivity contribution in [2.45, 2.75) is 12.5 Å². The largest absolute Gasteiger partial charge is 0.330 e. The van der Waals surface area contributed by atoms with Gasteiger partial charge in [-0.15, -0.1) is 0 Å². The Morgan fingerprint density at radius 2 is 2.54 bits per heavy atom. The summed E-state index contributed by atoms with van der Waals surface area (Å²) in [6, 6.07) is 4.50. The molecule has 13 heavy (non-hydrogen) atoms. The Hall–Kier alpha value is -0.930. The van der Waals surface area contributed by atoms with E-state index in [0.717, 1.165) is 13.1 Å². The first-order valence-corrected chi connectivity index (χ1v) is 4.75. The Labute approximate surface area is 78.4 Å². The quantitative estimate of drug-likeness (QED) is 0.699. The van der Waals surface area contributed by atoms with Crippen LogP contribution < -0.4 is 11.1 Å². The normalized spacial score (nSPS) is 27.8. The van der Waals surface area contributed by atoms with E-state index in [-0.39, 0.29) is 0 Å². The van der Waals surface area contributed by atoms with Crippen molar-refractivity contribution in [1.29, 1.82) is 0 Å². The van der Waals surface area contributed by atoms with Crippen LogP contribution >= 0.6 is 0 Å². The molecule has 3 heteroatoms. The Bertz CT molecular complexity index is 260. The van der Waals surface area contributed by atoms with Crippen LogP contribution in [0.25, 0.3) is 0 Å². The topological polar surface area (TPSA) is 50.9 Å². The molecule has 0 amide bonds. The van der Waals surface area contributed by atoms with Gasteiger partial charge in [0.05, 0.1) is 0 Å². The number of hydrogen-bond acceptors (Lipinski definition) is 3. The molecular weight excluding hydrogens is 162 g/mol. The predicted octanol–water partition coefficient (Wildman–Crippen LogP) is 0.691. The molecule has 0 aromatic carbocycles. The fourth-order valence-electron chi connectivity index (χ4n) is 1.96. The van der Waals surface area contributed by atoms with Crippen LogP contribution in [0.3, 0.4) is 0 Å². The highest BCUT2D eigenvalue weighted by Crippen LogP contribution is 2.27. The molecular formula is C10H15N3. The Morgan fingerprint density at radius 1 is 1.62 bits per heavy atom. The number of nitrogens with zero attached hydrogens (tertiary/aromatic N) is 1. The molecule has 2 atom stereocenters. The Kier molecular flexibility index (Phi) is 2.57. The van der Waals surface area contributed by atoms with E-state index in [1.165, 1.54) is 12.0 Å². The van der Waals surface area contributed by atoms with Crippen LogP contribution in [0, 0.1) is 5.92 Å². The maximum atomic E-state index is 5.70.